The van der Waals surface area contributed by atoms with Gasteiger partial charge >= 0.3 is 0 Å². The number of thiophene rings is 1. The first-order valence-electron chi connectivity index (χ1n) is 7.25. The van der Waals surface area contributed by atoms with Gasteiger partial charge in [-0.1, -0.05) is 30.3 Å². The quantitative estimate of drug-likeness (QED) is 0.819. The normalized spacial score (nSPS) is 19.3. The number of thioether (sulfide) groups is 1. The summed E-state index contributed by atoms with van der Waals surface area (Å²) in [5.41, 5.74) is 2.78. The van der Waals surface area contributed by atoms with Crippen molar-refractivity contribution in [2.75, 3.05) is 18.8 Å². The Morgan fingerprint density at radius 3 is 2.81 bits per heavy atom. The van der Waals surface area contributed by atoms with Gasteiger partial charge in [-0.2, -0.15) is 11.8 Å². The molecule has 1 aromatic heterocycles. The molecule has 0 aliphatic carbocycles. The fourth-order valence-electron chi connectivity index (χ4n) is 2.73. The maximum atomic E-state index is 12.5. The van der Waals surface area contributed by atoms with Crippen molar-refractivity contribution in [1.29, 1.82) is 0 Å². The molecule has 1 atom stereocenters. The van der Waals surface area contributed by atoms with Crippen molar-refractivity contribution >= 4 is 29.0 Å². The maximum Gasteiger partial charge on any atom is 0.263 e. The average molecular weight is 317 g/mol. The number of amides is 1. The van der Waals surface area contributed by atoms with E-state index in [4.69, 9.17) is 0 Å². The van der Waals surface area contributed by atoms with Crippen LogP contribution < -0.4 is 0 Å². The molecule has 1 aliphatic rings. The van der Waals surface area contributed by atoms with E-state index < -0.39 is 0 Å². The number of benzene rings is 1. The van der Waals surface area contributed by atoms with Gasteiger partial charge in [0.15, 0.2) is 0 Å². The summed E-state index contributed by atoms with van der Waals surface area (Å²) in [7, 11) is 0. The molecule has 2 nitrogen and oxygen atoms in total. The summed E-state index contributed by atoms with van der Waals surface area (Å²) in [6.07, 6.45) is 1.03. The van der Waals surface area contributed by atoms with Gasteiger partial charge in [0.05, 0.1) is 4.88 Å². The third-order valence-corrected chi connectivity index (χ3v) is 6.06. The molecule has 0 spiro atoms. The molecule has 2 aromatic rings. The van der Waals surface area contributed by atoms with Crippen LogP contribution in [-0.4, -0.2) is 29.6 Å². The van der Waals surface area contributed by atoms with Crippen LogP contribution in [0, 0.1) is 6.92 Å². The Morgan fingerprint density at radius 2 is 2.05 bits per heavy atom. The lowest BCUT2D eigenvalue weighted by molar-refractivity contribution is 0.0771. The lowest BCUT2D eigenvalue weighted by Gasteiger charge is -2.20. The predicted molar refractivity (Wildman–Crippen MR) is 91.2 cm³/mol. The van der Waals surface area contributed by atoms with Gasteiger partial charge in [0.25, 0.3) is 5.91 Å². The van der Waals surface area contributed by atoms with E-state index in [9.17, 15) is 4.79 Å². The van der Waals surface area contributed by atoms with Crippen molar-refractivity contribution in [1.82, 2.24) is 4.90 Å². The van der Waals surface area contributed by atoms with Gasteiger partial charge in [0, 0.05) is 24.1 Å². The van der Waals surface area contributed by atoms with Gasteiger partial charge in [-0.25, -0.2) is 0 Å². The number of nitrogens with zero attached hydrogens (tertiary/aromatic N) is 1. The lowest BCUT2D eigenvalue weighted by atomic mass is 10.0. The highest BCUT2D eigenvalue weighted by molar-refractivity contribution is 7.99. The Balaban J connectivity index is 1.70. The fourth-order valence-corrected chi connectivity index (χ4v) is 4.74. The molecule has 1 fully saturated rings. The van der Waals surface area contributed by atoms with E-state index in [0.717, 1.165) is 30.1 Å². The minimum Gasteiger partial charge on any atom is -0.337 e. The summed E-state index contributed by atoms with van der Waals surface area (Å²) in [5.74, 6) is 1.20. The summed E-state index contributed by atoms with van der Waals surface area (Å²) in [6.45, 7) is 3.88. The number of aryl methyl sites for hydroxylation is 1. The Labute approximate surface area is 134 Å². The van der Waals surface area contributed by atoms with Crippen molar-refractivity contribution in [3.05, 3.63) is 57.8 Å². The molecule has 110 valence electrons. The summed E-state index contributed by atoms with van der Waals surface area (Å²) < 4.78 is 0. The van der Waals surface area contributed by atoms with Crippen molar-refractivity contribution in [3.63, 3.8) is 0 Å². The second kappa shape index (κ2) is 6.67. The van der Waals surface area contributed by atoms with Gasteiger partial charge in [-0.15, -0.1) is 11.3 Å². The van der Waals surface area contributed by atoms with Gasteiger partial charge in [0.2, 0.25) is 0 Å². The van der Waals surface area contributed by atoms with E-state index in [1.807, 2.05) is 34.2 Å². The zero-order chi connectivity index (χ0) is 14.7. The predicted octanol–water partition coefficient (Wildman–Crippen LogP) is 4.38. The summed E-state index contributed by atoms with van der Waals surface area (Å²) in [4.78, 5) is 15.3. The molecule has 2 heterocycles. The van der Waals surface area contributed by atoms with E-state index in [-0.39, 0.29) is 5.91 Å². The van der Waals surface area contributed by atoms with Crippen LogP contribution in [-0.2, 0) is 0 Å². The lowest BCUT2D eigenvalue weighted by Crippen LogP contribution is -2.32. The second-order valence-electron chi connectivity index (χ2n) is 5.27. The van der Waals surface area contributed by atoms with E-state index in [2.05, 4.69) is 31.2 Å². The first kappa shape index (κ1) is 14.7. The van der Waals surface area contributed by atoms with Crippen molar-refractivity contribution in [2.45, 2.75) is 18.6 Å². The van der Waals surface area contributed by atoms with E-state index in [1.54, 1.807) is 0 Å². The minimum atomic E-state index is 0.191. The summed E-state index contributed by atoms with van der Waals surface area (Å²) in [6, 6.07) is 12.5. The minimum absolute atomic E-state index is 0.191. The number of carbonyl (C=O) groups excluding carboxylic acids is 1. The molecule has 1 aliphatic heterocycles. The van der Waals surface area contributed by atoms with E-state index in [1.165, 1.54) is 22.5 Å². The average Bonchev–Trinajstić information content (AvgIpc) is 2.92. The maximum absolute atomic E-state index is 12.5. The molecule has 0 bridgehead atoms. The van der Waals surface area contributed by atoms with Crippen LogP contribution in [0.3, 0.4) is 0 Å². The van der Waals surface area contributed by atoms with Crippen LogP contribution in [0.4, 0.5) is 0 Å². The number of hydrogen-bond donors (Lipinski definition) is 0. The van der Waals surface area contributed by atoms with Crippen LogP contribution in [0.5, 0.6) is 0 Å². The molecule has 21 heavy (non-hydrogen) atoms. The molecule has 3 rings (SSSR count). The SMILES string of the molecule is Cc1ccccc1C1CCN(C(=O)c2cccs2)CCS1. The monoisotopic (exact) mass is 317 g/mol. The first-order valence-corrected chi connectivity index (χ1v) is 9.18. The standard InChI is InChI=1S/C17H19NOS2/c1-13-5-2-3-6-14(13)15-8-9-18(10-12-21-15)17(19)16-7-4-11-20-16/h2-7,11,15H,8-10,12H2,1H3. The van der Waals surface area contributed by atoms with Gasteiger partial charge in [-0.05, 0) is 35.9 Å². The summed E-state index contributed by atoms with van der Waals surface area (Å²) in [5, 5.41) is 2.47. The van der Waals surface area contributed by atoms with Crippen LogP contribution >= 0.6 is 23.1 Å². The summed E-state index contributed by atoms with van der Waals surface area (Å²) >= 11 is 3.51. The van der Waals surface area contributed by atoms with Crippen LogP contribution in [0.25, 0.3) is 0 Å². The van der Waals surface area contributed by atoms with Crippen LogP contribution in [0.1, 0.15) is 32.5 Å². The zero-order valence-corrected chi connectivity index (χ0v) is 13.8. The number of carbonyl (C=O) groups is 1. The molecule has 4 heteroatoms. The number of rotatable bonds is 2. The fraction of sp³-hybridized carbons (Fsp3) is 0.353. The molecule has 1 unspecified atom stereocenters. The molecule has 1 saturated heterocycles. The molecule has 0 saturated carbocycles. The van der Waals surface area contributed by atoms with E-state index in [0.29, 0.717) is 5.25 Å². The largest absolute Gasteiger partial charge is 0.337 e. The Bertz CT molecular complexity index is 609. The highest BCUT2D eigenvalue weighted by Gasteiger charge is 2.23. The molecular weight excluding hydrogens is 298 g/mol. The van der Waals surface area contributed by atoms with Gasteiger partial charge in [-0.3, -0.25) is 4.79 Å². The van der Waals surface area contributed by atoms with Crippen molar-refractivity contribution in [2.24, 2.45) is 0 Å². The van der Waals surface area contributed by atoms with Gasteiger partial charge < -0.3 is 4.90 Å². The van der Waals surface area contributed by atoms with Crippen molar-refractivity contribution in [3.8, 4) is 0 Å². The smallest absolute Gasteiger partial charge is 0.263 e. The zero-order valence-electron chi connectivity index (χ0n) is 12.1. The van der Waals surface area contributed by atoms with Crippen LogP contribution in [0.15, 0.2) is 41.8 Å². The van der Waals surface area contributed by atoms with Gasteiger partial charge in [0.1, 0.15) is 0 Å². The second-order valence-corrected chi connectivity index (χ2v) is 7.53. The highest BCUT2D eigenvalue weighted by Crippen LogP contribution is 2.36. The first-order chi connectivity index (χ1) is 10.3. The molecule has 0 radical (unpaired) electrons. The molecule has 1 amide bonds. The topological polar surface area (TPSA) is 20.3 Å². The Kier molecular flexibility index (Phi) is 4.66. The Hall–Kier alpha value is -1.26. The molecule has 1 aromatic carbocycles. The molecule has 0 N–H and O–H groups in total. The third kappa shape index (κ3) is 3.33. The van der Waals surface area contributed by atoms with E-state index >= 15 is 0 Å². The van der Waals surface area contributed by atoms with Crippen LogP contribution in [0.2, 0.25) is 0 Å². The molecular formula is C17H19NOS2. The van der Waals surface area contributed by atoms with Crippen molar-refractivity contribution < 1.29 is 4.79 Å². The Morgan fingerprint density at radius 1 is 1.19 bits per heavy atom. The highest BCUT2D eigenvalue weighted by atomic mass is 32.2. The third-order valence-electron chi connectivity index (χ3n) is 3.90. The number of hydrogen-bond acceptors (Lipinski definition) is 3.